The van der Waals surface area contributed by atoms with Crippen LogP contribution in [0.25, 0.3) is 0 Å². The van der Waals surface area contributed by atoms with Crippen LogP contribution in [0, 0.1) is 6.92 Å². The Balaban J connectivity index is 0. The zero-order valence-electron chi connectivity index (χ0n) is 12.3. The Hall–Kier alpha value is -0.637. The third kappa shape index (κ3) is 9.07. The molecule has 1 aromatic carbocycles. The molecular formula is C14H25GeNO5. The van der Waals surface area contributed by atoms with Crippen molar-refractivity contribution in [2.45, 2.75) is 13.0 Å². The van der Waals surface area contributed by atoms with E-state index in [-0.39, 0.29) is 42.9 Å². The maximum atomic E-state index is 9.90. The summed E-state index contributed by atoms with van der Waals surface area (Å²) < 4.78 is 5.55. The first-order chi connectivity index (χ1) is 9.17. The zero-order valence-corrected chi connectivity index (χ0v) is 14.4. The van der Waals surface area contributed by atoms with Gasteiger partial charge in [-0.1, -0.05) is 18.2 Å². The molecule has 0 aliphatic heterocycles. The summed E-state index contributed by atoms with van der Waals surface area (Å²) in [6.07, 6.45) is -0.655. The first-order valence-corrected chi connectivity index (χ1v) is 6.48. The molecule has 5 N–H and O–H groups in total. The van der Waals surface area contributed by atoms with Crippen LogP contribution in [0.5, 0.6) is 5.75 Å². The summed E-state index contributed by atoms with van der Waals surface area (Å²) in [4.78, 5) is 1.80. The van der Waals surface area contributed by atoms with Crippen LogP contribution in [-0.4, -0.2) is 88.9 Å². The summed E-state index contributed by atoms with van der Waals surface area (Å²) in [5.41, 5.74) is 1.03. The molecule has 0 fully saturated rings. The molecule has 0 heterocycles. The topological polar surface area (TPSA) is 105 Å². The number of aliphatic hydroxyl groups is 3. The van der Waals surface area contributed by atoms with Gasteiger partial charge in [0.15, 0.2) is 0 Å². The summed E-state index contributed by atoms with van der Waals surface area (Å²) in [6.45, 7) is 3.39. The first kappa shape index (κ1) is 22.6. The first-order valence-electron chi connectivity index (χ1n) is 6.48. The predicted molar refractivity (Wildman–Crippen MR) is 82.7 cm³/mol. The summed E-state index contributed by atoms with van der Waals surface area (Å²) in [5, 5.41) is 27.7. The van der Waals surface area contributed by atoms with Crippen molar-refractivity contribution >= 4 is 17.6 Å². The molecule has 0 saturated heterocycles. The van der Waals surface area contributed by atoms with Crippen molar-refractivity contribution in [1.29, 1.82) is 0 Å². The van der Waals surface area contributed by atoms with Gasteiger partial charge in [0.25, 0.3) is 0 Å². The van der Waals surface area contributed by atoms with E-state index in [4.69, 9.17) is 14.9 Å². The van der Waals surface area contributed by atoms with Gasteiger partial charge in [-0.05, 0) is 18.6 Å². The SMILES string of the molecule is Cc1ccccc1OCC(O)CN(CCO)CCO.O.[Ge]. The molecule has 1 rings (SSSR count). The van der Waals surface area contributed by atoms with E-state index in [1.165, 1.54) is 0 Å². The number of benzene rings is 1. The largest absolute Gasteiger partial charge is 0.491 e. The maximum Gasteiger partial charge on any atom is 0.122 e. The molecule has 0 aliphatic rings. The van der Waals surface area contributed by atoms with E-state index in [1.807, 2.05) is 31.2 Å². The average molecular weight is 360 g/mol. The van der Waals surface area contributed by atoms with Crippen LogP contribution in [0.3, 0.4) is 0 Å². The zero-order chi connectivity index (χ0) is 14.1. The Morgan fingerprint density at radius 3 is 2.24 bits per heavy atom. The third-order valence-corrected chi connectivity index (χ3v) is 2.83. The predicted octanol–water partition coefficient (Wildman–Crippen LogP) is -1.18. The molecule has 0 aromatic heterocycles. The molecule has 0 spiro atoms. The fourth-order valence-electron chi connectivity index (χ4n) is 1.83. The maximum absolute atomic E-state index is 9.90. The van der Waals surface area contributed by atoms with Gasteiger partial charge in [0.2, 0.25) is 0 Å². The van der Waals surface area contributed by atoms with Gasteiger partial charge >= 0.3 is 0 Å². The smallest absolute Gasteiger partial charge is 0.122 e. The van der Waals surface area contributed by atoms with E-state index in [0.29, 0.717) is 19.6 Å². The minimum absolute atomic E-state index is 0. The summed E-state index contributed by atoms with van der Waals surface area (Å²) >= 11 is 0. The van der Waals surface area contributed by atoms with Crippen molar-refractivity contribution < 1.29 is 25.5 Å². The standard InChI is InChI=1S/C14H23NO4.Ge.H2O/c1-12-4-2-3-5-14(12)19-11-13(18)10-15(6-8-16)7-9-17;;/h2-5,13,16-18H,6-11H2,1H3;;1H2. The molecule has 1 atom stereocenters. The van der Waals surface area contributed by atoms with E-state index in [2.05, 4.69) is 0 Å². The molecule has 7 heteroatoms. The quantitative estimate of drug-likeness (QED) is 0.481. The van der Waals surface area contributed by atoms with Crippen molar-refractivity contribution in [2.75, 3.05) is 39.5 Å². The Morgan fingerprint density at radius 1 is 1.14 bits per heavy atom. The van der Waals surface area contributed by atoms with Crippen LogP contribution in [0.15, 0.2) is 24.3 Å². The number of nitrogens with zero attached hydrogens (tertiary/aromatic N) is 1. The minimum Gasteiger partial charge on any atom is -0.491 e. The van der Waals surface area contributed by atoms with Crippen LogP contribution in [0.2, 0.25) is 0 Å². The van der Waals surface area contributed by atoms with Gasteiger partial charge in [0, 0.05) is 37.2 Å². The number of para-hydroxylation sites is 1. The number of hydrogen-bond donors (Lipinski definition) is 3. The molecule has 0 bridgehead atoms. The van der Waals surface area contributed by atoms with E-state index >= 15 is 0 Å². The number of ether oxygens (including phenoxy) is 1. The number of rotatable bonds is 9. The minimum atomic E-state index is -0.655. The second-order valence-electron chi connectivity index (χ2n) is 4.48. The van der Waals surface area contributed by atoms with Crippen LogP contribution in [0.1, 0.15) is 5.56 Å². The summed E-state index contributed by atoms with van der Waals surface area (Å²) in [7, 11) is 0. The van der Waals surface area contributed by atoms with Crippen molar-refractivity contribution in [2.24, 2.45) is 0 Å². The molecular weight excluding hydrogens is 335 g/mol. The van der Waals surface area contributed by atoms with Gasteiger partial charge in [-0.2, -0.15) is 0 Å². The van der Waals surface area contributed by atoms with E-state index in [1.54, 1.807) is 4.90 Å². The Morgan fingerprint density at radius 2 is 1.71 bits per heavy atom. The van der Waals surface area contributed by atoms with E-state index < -0.39 is 6.10 Å². The molecule has 1 aromatic rings. The Bertz CT molecular complexity index is 361. The summed E-state index contributed by atoms with van der Waals surface area (Å²) in [5.74, 6) is 0.761. The second kappa shape index (κ2) is 13.1. The fraction of sp³-hybridized carbons (Fsp3) is 0.571. The molecule has 0 aliphatic carbocycles. The van der Waals surface area contributed by atoms with Crippen molar-refractivity contribution in [3.8, 4) is 5.75 Å². The van der Waals surface area contributed by atoms with Gasteiger partial charge in [-0.25, -0.2) is 0 Å². The van der Waals surface area contributed by atoms with Gasteiger partial charge in [0.1, 0.15) is 18.5 Å². The normalized spacial score (nSPS) is 11.5. The fourth-order valence-corrected chi connectivity index (χ4v) is 1.83. The van der Waals surface area contributed by atoms with Crippen molar-refractivity contribution in [3.63, 3.8) is 0 Å². The van der Waals surface area contributed by atoms with Crippen LogP contribution >= 0.6 is 0 Å². The van der Waals surface area contributed by atoms with Gasteiger partial charge in [-0.15, -0.1) is 0 Å². The van der Waals surface area contributed by atoms with Crippen molar-refractivity contribution in [1.82, 2.24) is 4.90 Å². The third-order valence-electron chi connectivity index (χ3n) is 2.83. The monoisotopic (exact) mass is 361 g/mol. The molecule has 6 nitrogen and oxygen atoms in total. The van der Waals surface area contributed by atoms with Gasteiger partial charge < -0.3 is 25.5 Å². The molecule has 4 radical (unpaired) electrons. The number of aryl methyl sites for hydroxylation is 1. The molecule has 120 valence electrons. The van der Waals surface area contributed by atoms with Gasteiger partial charge in [0.05, 0.1) is 13.2 Å². The molecule has 0 saturated carbocycles. The Kier molecular flexibility index (Phi) is 14.1. The Labute approximate surface area is 136 Å². The van der Waals surface area contributed by atoms with Crippen LogP contribution in [0.4, 0.5) is 0 Å². The van der Waals surface area contributed by atoms with E-state index in [0.717, 1.165) is 11.3 Å². The molecule has 21 heavy (non-hydrogen) atoms. The molecule has 1 unspecified atom stereocenters. The number of hydrogen-bond acceptors (Lipinski definition) is 5. The second-order valence-corrected chi connectivity index (χ2v) is 4.48. The number of aliphatic hydroxyl groups excluding tert-OH is 3. The summed E-state index contributed by atoms with van der Waals surface area (Å²) in [6, 6.07) is 7.63. The van der Waals surface area contributed by atoms with Gasteiger partial charge in [-0.3, -0.25) is 4.90 Å². The van der Waals surface area contributed by atoms with E-state index in [9.17, 15) is 5.11 Å². The average Bonchev–Trinajstić information content (AvgIpc) is 2.38. The molecule has 0 amide bonds. The van der Waals surface area contributed by atoms with Crippen molar-refractivity contribution in [3.05, 3.63) is 29.8 Å². The van der Waals surface area contributed by atoms with Crippen LogP contribution in [-0.2, 0) is 0 Å². The van der Waals surface area contributed by atoms with Crippen LogP contribution < -0.4 is 4.74 Å².